The monoisotopic (exact) mass is 369 g/mol. The fourth-order valence-corrected chi connectivity index (χ4v) is 2.63. The van der Waals surface area contributed by atoms with Crippen molar-refractivity contribution in [3.05, 3.63) is 70.8 Å². The van der Waals surface area contributed by atoms with Gasteiger partial charge in [-0.05, 0) is 42.1 Å². The van der Waals surface area contributed by atoms with Gasteiger partial charge in [-0.15, -0.1) is 0 Å². The van der Waals surface area contributed by atoms with Crippen LogP contribution in [0.3, 0.4) is 0 Å². The number of amides is 1. The lowest BCUT2D eigenvalue weighted by atomic mass is 10.1. The van der Waals surface area contributed by atoms with Gasteiger partial charge in [-0.1, -0.05) is 46.3 Å². The van der Waals surface area contributed by atoms with Crippen LogP contribution in [-0.2, 0) is 11.3 Å². The zero-order valence-electron chi connectivity index (χ0n) is 12.7. The molecule has 0 saturated heterocycles. The highest BCUT2D eigenvalue weighted by atomic mass is 79.9. The van der Waals surface area contributed by atoms with Crippen LogP contribution in [0.2, 0.25) is 0 Å². The smallest absolute Gasteiger partial charge is 0.259 e. The number of fused-ring (bicyclic) bond motifs is 1. The second kappa shape index (κ2) is 6.79. The van der Waals surface area contributed by atoms with Gasteiger partial charge in [-0.3, -0.25) is 4.79 Å². The van der Waals surface area contributed by atoms with Crippen LogP contribution < -0.4 is 5.43 Å². The Bertz CT molecular complexity index is 865. The Kier molecular flexibility index (Phi) is 4.57. The van der Waals surface area contributed by atoms with Gasteiger partial charge in [-0.25, -0.2) is 5.43 Å². The molecule has 0 aliphatic carbocycles. The molecule has 0 bridgehead atoms. The Morgan fingerprint density at radius 2 is 1.87 bits per heavy atom. The third-order valence-corrected chi connectivity index (χ3v) is 4.13. The number of hydrogen-bond acceptors (Lipinski definition) is 2. The zero-order valence-corrected chi connectivity index (χ0v) is 14.2. The summed E-state index contributed by atoms with van der Waals surface area (Å²) in [6.07, 6.45) is 1.91. The molecule has 0 radical (unpaired) electrons. The lowest BCUT2D eigenvalue weighted by Crippen LogP contribution is -2.23. The largest absolute Gasteiger partial charge is 0.338 e. The minimum Gasteiger partial charge on any atom is -0.338 e. The number of nitrogens with zero attached hydrogens (tertiary/aromatic N) is 2. The summed E-state index contributed by atoms with van der Waals surface area (Å²) in [7, 11) is 0. The Hall–Kier alpha value is -2.40. The number of hydrazone groups is 1. The molecule has 1 aromatic heterocycles. The van der Waals surface area contributed by atoms with E-state index in [0.717, 1.165) is 26.7 Å². The molecule has 3 rings (SSSR count). The van der Waals surface area contributed by atoms with Crippen molar-refractivity contribution in [2.45, 2.75) is 13.5 Å². The van der Waals surface area contributed by atoms with E-state index in [0.29, 0.717) is 0 Å². The van der Waals surface area contributed by atoms with Crippen molar-refractivity contribution >= 4 is 38.5 Å². The van der Waals surface area contributed by atoms with Crippen LogP contribution in [0, 0.1) is 0 Å². The lowest BCUT2D eigenvalue weighted by Gasteiger charge is -2.05. The molecule has 3 aromatic rings. The van der Waals surface area contributed by atoms with Crippen LogP contribution in [0.15, 0.2) is 70.4 Å². The number of nitrogens with one attached hydrogen (secondary N) is 1. The molecule has 1 heterocycles. The normalized spacial score (nSPS) is 11.7. The predicted octanol–water partition coefficient (Wildman–Crippen LogP) is 3.94. The molecule has 0 saturated carbocycles. The molecule has 1 N–H and O–H groups in total. The number of aromatic nitrogens is 1. The van der Waals surface area contributed by atoms with Crippen molar-refractivity contribution in [3.63, 3.8) is 0 Å². The molecule has 4 nitrogen and oxygen atoms in total. The first-order chi connectivity index (χ1) is 11.1. The van der Waals surface area contributed by atoms with Crippen molar-refractivity contribution in [1.29, 1.82) is 0 Å². The third kappa shape index (κ3) is 3.68. The maximum atomic E-state index is 12.1. The first-order valence-corrected chi connectivity index (χ1v) is 8.06. The molecule has 0 atom stereocenters. The van der Waals surface area contributed by atoms with Gasteiger partial charge in [0.2, 0.25) is 0 Å². The van der Waals surface area contributed by atoms with E-state index in [-0.39, 0.29) is 12.5 Å². The summed E-state index contributed by atoms with van der Waals surface area (Å²) in [4.78, 5) is 12.1. The average Bonchev–Trinajstić information content (AvgIpc) is 2.96. The summed E-state index contributed by atoms with van der Waals surface area (Å²) in [6.45, 7) is 2.11. The molecule has 0 aliphatic rings. The first kappa shape index (κ1) is 15.5. The highest BCUT2D eigenvalue weighted by Crippen LogP contribution is 2.14. The van der Waals surface area contributed by atoms with Crippen molar-refractivity contribution in [3.8, 4) is 0 Å². The van der Waals surface area contributed by atoms with Crippen LogP contribution in [0.5, 0.6) is 0 Å². The maximum absolute atomic E-state index is 12.1. The highest BCUT2D eigenvalue weighted by molar-refractivity contribution is 9.10. The van der Waals surface area contributed by atoms with E-state index in [9.17, 15) is 4.79 Å². The Morgan fingerprint density at radius 1 is 1.13 bits per heavy atom. The van der Waals surface area contributed by atoms with Gasteiger partial charge >= 0.3 is 0 Å². The number of para-hydroxylation sites is 1. The van der Waals surface area contributed by atoms with Crippen LogP contribution in [-0.4, -0.2) is 16.2 Å². The number of halogens is 1. The van der Waals surface area contributed by atoms with Gasteiger partial charge in [0.15, 0.2) is 0 Å². The number of rotatable bonds is 4. The van der Waals surface area contributed by atoms with E-state index in [2.05, 4.69) is 26.5 Å². The summed E-state index contributed by atoms with van der Waals surface area (Å²) < 4.78 is 2.92. The van der Waals surface area contributed by atoms with Crippen molar-refractivity contribution < 1.29 is 4.79 Å². The van der Waals surface area contributed by atoms with Crippen LogP contribution in [0.1, 0.15) is 12.5 Å². The van der Waals surface area contributed by atoms with Gasteiger partial charge < -0.3 is 4.57 Å². The molecule has 0 fully saturated rings. The van der Waals surface area contributed by atoms with Gasteiger partial charge in [0.05, 0.1) is 5.71 Å². The summed E-state index contributed by atoms with van der Waals surface area (Å²) in [6, 6.07) is 17.8. The summed E-state index contributed by atoms with van der Waals surface area (Å²) in [5, 5.41) is 5.29. The molecule has 116 valence electrons. The standard InChI is InChI=1S/C18H16BrN3O/c1-13(14-6-8-16(19)9-7-14)20-21-18(23)12-22-11-10-15-4-2-3-5-17(15)22/h2-11H,12H2,1H3,(H,21,23)/b20-13-. The minimum absolute atomic E-state index is 0.150. The average molecular weight is 370 g/mol. The summed E-state index contributed by atoms with van der Waals surface area (Å²) in [5.74, 6) is -0.150. The fraction of sp³-hybridized carbons (Fsp3) is 0.111. The van der Waals surface area contributed by atoms with Crippen LogP contribution in [0.4, 0.5) is 0 Å². The summed E-state index contributed by atoms with van der Waals surface area (Å²) >= 11 is 3.40. The zero-order chi connectivity index (χ0) is 16.2. The summed E-state index contributed by atoms with van der Waals surface area (Å²) in [5.41, 5.74) is 5.39. The van der Waals surface area contributed by atoms with Gasteiger partial charge in [-0.2, -0.15) is 5.10 Å². The van der Waals surface area contributed by atoms with E-state index < -0.39 is 0 Å². The Balaban J connectivity index is 1.67. The van der Waals surface area contributed by atoms with Gasteiger partial charge in [0, 0.05) is 16.2 Å². The van der Waals surface area contributed by atoms with Crippen molar-refractivity contribution in [1.82, 2.24) is 9.99 Å². The molecule has 2 aromatic carbocycles. The second-order valence-corrected chi connectivity index (χ2v) is 6.16. The van der Waals surface area contributed by atoms with E-state index in [1.165, 1.54) is 0 Å². The van der Waals surface area contributed by atoms with E-state index in [1.807, 2.05) is 72.3 Å². The minimum atomic E-state index is -0.150. The van der Waals surface area contributed by atoms with Crippen molar-refractivity contribution in [2.75, 3.05) is 0 Å². The maximum Gasteiger partial charge on any atom is 0.259 e. The lowest BCUT2D eigenvalue weighted by molar-refractivity contribution is -0.121. The van der Waals surface area contributed by atoms with E-state index in [4.69, 9.17) is 0 Å². The number of hydrogen-bond donors (Lipinski definition) is 1. The fourth-order valence-electron chi connectivity index (χ4n) is 2.37. The third-order valence-electron chi connectivity index (χ3n) is 3.60. The number of carbonyl (C=O) groups excluding carboxylic acids is 1. The van der Waals surface area contributed by atoms with Gasteiger partial charge in [0.1, 0.15) is 6.54 Å². The van der Waals surface area contributed by atoms with Gasteiger partial charge in [0.25, 0.3) is 5.91 Å². The molecule has 23 heavy (non-hydrogen) atoms. The van der Waals surface area contributed by atoms with Crippen LogP contribution in [0.25, 0.3) is 10.9 Å². The SMILES string of the molecule is C/C(=N/NC(=O)Cn1ccc2ccccc21)c1ccc(Br)cc1. The second-order valence-electron chi connectivity index (χ2n) is 5.24. The molecule has 5 heteroatoms. The molecule has 0 aliphatic heterocycles. The first-order valence-electron chi connectivity index (χ1n) is 7.26. The molecular weight excluding hydrogens is 354 g/mol. The predicted molar refractivity (Wildman–Crippen MR) is 96.4 cm³/mol. The number of benzene rings is 2. The molecule has 0 spiro atoms. The molecule has 1 amide bonds. The quantitative estimate of drug-likeness (QED) is 0.549. The molecular formula is C18H16BrN3O. The van der Waals surface area contributed by atoms with E-state index in [1.54, 1.807) is 0 Å². The Labute approximate surface area is 142 Å². The number of carbonyl (C=O) groups is 1. The topological polar surface area (TPSA) is 46.4 Å². The Morgan fingerprint density at radius 3 is 2.65 bits per heavy atom. The van der Waals surface area contributed by atoms with Crippen LogP contribution >= 0.6 is 15.9 Å². The van der Waals surface area contributed by atoms with Crippen molar-refractivity contribution in [2.24, 2.45) is 5.10 Å². The molecule has 0 unspecified atom stereocenters. The highest BCUT2D eigenvalue weighted by Gasteiger charge is 2.05. The van der Waals surface area contributed by atoms with E-state index >= 15 is 0 Å².